The van der Waals surface area contributed by atoms with Crippen LogP contribution in [-0.4, -0.2) is 57.8 Å². The zero-order valence-electron chi connectivity index (χ0n) is 14.5. The number of esters is 1. The van der Waals surface area contributed by atoms with Crippen molar-refractivity contribution in [3.8, 4) is 0 Å². The van der Waals surface area contributed by atoms with Gasteiger partial charge < -0.3 is 9.64 Å². The molecule has 1 atom stereocenters. The van der Waals surface area contributed by atoms with E-state index in [1.807, 2.05) is 11.4 Å². The number of hydrogen-bond donors (Lipinski definition) is 1. The number of thioether (sulfide) groups is 1. The quantitative estimate of drug-likeness (QED) is 0.412. The average molecular weight is 427 g/mol. The molecule has 11 heteroatoms. The second-order valence-corrected chi connectivity index (χ2v) is 8.74. The van der Waals surface area contributed by atoms with Gasteiger partial charge in [0, 0.05) is 6.54 Å². The maximum Gasteiger partial charge on any atom is 0.316 e. The van der Waals surface area contributed by atoms with Crippen LogP contribution in [0.15, 0.2) is 21.9 Å². The van der Waals surface area contributed by atoms with E-state index >= 15 is 0 Å². The maximum absolute atomic E-state index is 12.6. The molecule has 0 bridgehead atoms. The fourth-order valence-corrected chi connectivity index (χ4v) is 4.89. The highest BCUT2D eigenvalue weighted by atomic mass is 32.2. The fourth-order valence-electron chi connectivity index (χ4n) is 2.65. The van der Waals surface area contributed by atoms with E-state index in [0.29, 0.717) is 33.9 Å². The Morgan fingerprint density at radius 2 is 2.26 bits per heavy atom. The van der Waals surface area contributed by atoms with Gasteiger partial charge in [0.05, 0.1) is 17.2 Å². The molecule has 1 fully saturated rings. The minimum absolute atomic E-state index is 0.120. The number of aromatic nitrogens is 2. The minimum atomic E-state index is -0.515. The molecule has 144 valence electrons. The van der Waals surface area contributed by atoms with Crippen molar-refractivity contribution >= 4 is 57.4 Å². The van der Waals surface area contributed by atoms with Crippen molar-refractivity contribution in [1.82, 2.24) is 15.1 Å². The van der Waals surface area contributed by atoms with E-state index < -0.39 is 6.04 Å². The first-order valence-corrected chi connectivity index (χ1v) is 11.0. The van der Waals surface area contributed by atoms with E-state index in [4.69, 9.17) is 4.74 Å². The van der Waals surface area contributed by atoms with Gasteiger partial charge in [-0.3, -0.25) is 19.7 Å². The van der Waals surface area contributed by atoms with Crippen LogP contribution in [0.2, 0.25) is 0 Å². The third-order valence-electron chi connectivity index (χ3n) is 3.80. The third kappa shape index (κ3) is 5.05. The van der Waals surface area contributed by atoms with Crippen LogP contribution >= 0.6 is 34.4 Å². The number of thiophene rings is 1. The Labute approximate surface area is 168 Å². The van der Waals surface area contributed by atoms with Gasteiger partial charge in [-0.25, -0.2) is 0 Å². The van der Waals surface area contributed by atoms with Gasteiger partial charge in [-0.15, -0.1) is 21.5 Å². The predicted octanol–water partition coefficient (Wildman–Crippen LogP) is 2.50. The molecule has 1 aliphatic rings. The Kier molecular flexibility index (Phi) is 6.80. The van der Waals surface area contributed by atoms with Crippen molar-refractivity contribution < 1.29 is 19.1 Å². The van der Waals surface area contributed by atoms with Crippen LogP contribution in [0.4, 0.5) is 5.13 Å². The monoisotopic (exact) mass is 426 g/mol. The standard InChI is InChI=1S/C16H18N4O4S3/c1-2-24-12(21)9-26-16-19-18-15(27-16)17-13(22)10-5-3-7-20(10)14(23)11-6-4-8-25-11/h4,6,8,10H,2-3,5,7,9H2,1H3,(H,17,18,22). The molecule has 1 unspecified atom stereocenters. The number of ether oxygens (including phenoxy) is 1. The highest BCUT2D eigenvalue weighted by Crippen LogP contribution is 2.27. The smallest absolute Gasteiger partial charge is 0.316 e. The van der Waals surface area contributed by atoms with Gasteiger partial charge in [-0.1, -0.05) is 29.2 Å². The molecule has 0 saturated carbocycles. The lowest BCUT2D eigenvalue weighted by Crippen LogP contribution is -2.42. The Morgan fingerprint density at radius 1 is 1.41 bits per heavy atom. The van der Waals surface area contributed by atoms with Crippen molar-refractivity contribution in [2.45, 2.75) is 30.1 Å². The van der Waals surface area contributed by atoms with Gasteiger partial charge >= 0.3 is 5.97 Å². The Bertz CT molecular complexity index is 808. The molecule has 1 aliphatic heterocycles. The molecule has 2 amide bonds. The number of hydrogen-bond acceptors (Lipinski definition) is 9. The molecule has 0 aliphatic carbocycles. The zero-order valence-corrected chi connectivity index (χ0v) is 17.0. The number of likely N-dealkylation sites (tertiary alicyclic amines) is 1. The summed E-state index contributed by atoms with van der Waals surface area (Å²) in [6.07, 6.45) is 1.40. The second-order valence-electron chi connectivity index (χ2n) is 5.59. The summed E-state index contributed by atoms with van der Waals surface area (Å²) in [5.74, 6) is -0.569. The molecule has 0 radical (unpaired) electrons. The summed E-state index contributed by atoms with van der Waals surface area (Å²) >= 11 is 3.76. The second kappa shape index (κ2) is 9.29. The predicted molar refractivity (Wildman–Crippen MR) is 104 cm³/mol. The molecule has 3 rings (SSSR count). The van der Waals surface area contributed by atoms with Gasteiger partial charge in [0.15, 0.2) is 4.34 Å². The maximum atomic E-state index is 12.6. The molecule has 2 aromatic rings. The summed E-state index contributed by atoms with van der Waals surface area (Å²) in [7, 11) is 0. The number of nitrogens with one attached hydrogen (secondary N) is 1. The highest BCUT2D eigenvalue weighted by molar-refractivity contribution is 8.01. The van der Waals surface area contributed by atoms with E-state index in [0.717, 1.165) is 6.42 Å². The number of nitrogens with zero attached hydrogens (tertiary/aromatic N) is 3. The Hall–Kier alpha value is -1.98. The molecule has 3 heterocycles. The lowest BCUT2D eigenvalue weighted by molar-refractivity contribution is -0.139. The van der Waals surface area contributed by atoms with Crippen LogP contribution in [0, 0.1) is 0 Å². The molecule has 1 N–H and O–H groups in total. The van der Waals surface area contributed by atoms with Crippen LogP contribution < -0.4 is 5.32 Å². The summed E-state index contributed by atoms with van der Waals surface area (Å²) in [4.78, 5) is 38.8. The van der Waals surface area contributed by atoms with Crippen LogP contribution in [0.5, 0.6) is 0 Å². The third-order valence-corrected chi connectivity index (χ3v) is 6.61. The Balaban J connectivity index is 1.57. The SMILES string of the molecule is CCOC(=O)CSc1nnc(NC(=O)C2CCCN2C(=O)c2cccs2)s1. The summed E-state index contributed by atoms with van der Waals surface area (Å²) in [5, 5.41) is 12.8. The first-order chi connectivity index (χ1) is 13.1. The van der Waals surface area contributed by atoms with E-state index in [2.05, 4.69) is 15.5 Å². The summed E-state index contributed by atoms with van der Waals surface area (Å²) in [6, 6.07) is 3.07. The van der Waals surface area contributed by atoms with Crippen LogP contribution in [0.1, 0.15) is 29.4 Å². The molecule has 8 nitrogen and oxygen atoms in total. The van der Waals surface area contributed by atoms with Crippen molar-refractivity contribution in [2.24, 2.45) is 0 Å². The molecular weight excluding hydrogens is 408 g/mol. The normalized spacial score (nSPS) is 16.3. The summed E-state index contributed by atoms with van der Waals surface area (Å²) < 4.78 is 5.42. The first-order valence-electron chi connectivity index (χ1n) is 8.35. The zero-order chi connectivity index (χ0) is 19.2. The Morgan fingerprint density at radius 3 is 3.00 bits per heavy atom. The lowest BCUT2D eigenvalue weighted by Gasteiger charge is -2.22. The largest absolute Gasteiger partial charge is 0.465 e. The van der Waals surface area contributed by atoms with Crippen LogP contribution in [0.25, 0.3) is 0 Å². The minimum Gasteiger partial charge on any atom is -0.465 e. The fraction of sp³-hybridized carbons (Fsp3) is 0.438. The molecule has 27 heavy (non-hydrogen) atoms. The summed E-state index contributed by atoms with van der Waals surface area (Å²) in [6.45, 7) is 2.64. The molecule has 1 saturated heterocycles. The van der Waals surface area contributed by atoms with Gasteiger partial charge in [0.1, 0.15) is 6.04 Å². The van der Waals surface area contributed by atoms with Crippen molar-refractivity contribution in [3.05, 3.63) is 22.4 Å². The number of carbonyl (C=O) groups is 3. The van der Waals surface area contributed by atoms with Gasteiger partial charge in [0.25, 0.3) is 5.91 Å². The first kappa shape index (κ1) is 19.8. The van der Waals surface area contributed by atoms with Gasteiger partial charge in [-0.2, -0.15) is 0 Å². The highest BCUT2D eigenvalue weighted by Gasteiger charge is 2.35. The van der Waals surface area contributed by atoms with E-state index in [9.17, 15) is 14.4 Å². The van der Waals surface area contributed by atoms with E-state index in [-0.39, 0.29) is 23.5 Å². The van der Waals surface area contributed by atoms with Crippen molar-refractivity contribution in [1.29, 1.82) is 0 Å². The molecule has 2 aromatic heterocycles. The van der Waals surface area contributed by atoms with E-state index in [1.165, 1.54) is 34.4 Å². The topological polar surface area (TPSA) is 101 Å². The van der Waals surface area contributed by atoms with Gasteiger partial charge in [-0.05, 0) is 31.2 Å². The number of carbonyl (C=O) groups excluding carboxylic acids is 3. The van der Waals surface area contributed by atoms with Gasteiger partial charge in [0.2, 0.25) is 11.0 Å². The van der Waals surface area contributed by atoms with E-state index in [1.54, 1.807) is 17.9 Å². The molecular formula is C16H18N4O4S3. The number of rotatable bonds is 7. The number of anilines is 1. The molecule has 0 aromatic carbocycles. The van der Waals surface area contributed by atoms with Crippen molar-refractivity contribution in [2.75, 3.05) is 24.2 Å². The lowest BCUT2D eigenvalue weighted by atomic mass is 10.2. The van der Waals surface area contributed by atoms with Crippen molar-refractivity contribution in [3.63, 3.8) is 0 Å². The van der Waals surface area contributed by atoms with Crippen LogP contribution in [0.3, 0.4) is 0 Å². The van der Waals surface area contributed by atoms with Crippen LogP contribution in [-0.2, 0) is 14.3 Å². The number of amides is 2. The molecule has 0 spiro atoms. The summed E-state index contributed by atoms with van der Waals surface area (Å²) in [5.41, 5.74) is 0. The average Bonchev–Trinajstić information content (AvgIpc) is 3.40.